The molecule has 90 valence electrons. The normalized spacial score (nSPS) is 12.2. The third kappa shape index (κ3) is 4.26. The lowest BCUT2D eigenvalue weighted by molar-refractivity contribution is 0.397. The fraction of sp³-hybridized carbons (Fsp3) is 0.636. The number of ether oxygens (including phenoxy) is 1. The first-order valence-corrected chi connectivity index (χ1v) is 6.55. The molecule has 16 heavy (non-hydrogen) atoms. The Bertz CT molecular complexity index is 333. The van der Waals surface area contributed by atoms with Gasteiger partial charge in [0, 0.05) is 23.6 Å². The van der Waals surface area contributed by atoms with E-state index in [1.807, 2.05) is 24.8 Å². The van der Waals surface area contributed by atoms with Crippen molar-refractivity contribution in [1.29, 1.82) is 0 Å². The summed E-state index contributed by atoms with van der Waals surface area (Å²) in [6.07, 6.45) is 0. The van der Waals surface area contributed by atoms with E-state index in [4.69, 9.17) is 4.74 Å². The molecule has 1 heterocycles. The second-order valence-corrected chi connectivity index (χ2v) is 4.90. The summed E-state index contributed by atoms with van der Waals surface area (Å²) >= 11 is 1.90. The highest BCUT2D eigenvalue weighted by Gasteiger charge is 2.06. The first-order chi connectivity index (χ1) is 7.65. The van der Waals surface area contributed by atoms with Gasteiger partial charge >= 0.3 is 0 Å². The fourth-order valence-corrected chi connectivity index (χ4v) is 1.94. The number of nitrogens with one attached hydrogen (secondary N) is 1. The van der Waals surface area contributed by atoms with Crippen LogP contribution >= 0.6 is 11.8 Å². The third-order valence-corrected chi connectivity index (χ3v) is 3.13. The van der Waals surface area contributed by atoms with Gasteiger partial charge in [-0.25, -0.2) is 4.98 Å². The molecule has 1 aromatic rings. The Morgan fingerprint density at radius 3 is 2.88 bits per heavy atom. The van der Waals surface area contributed by atoms with Gasteiger partial charge in [0.15, 0.2) is 0 Å². The second-order valence-electron chi connectivity index (χ2n) is 3.58. The van der Waals surface area contributed by atoms with Crippen LogP contribution in [0, 0.1) is 6.92 Å². The molecule has 1 rings (SSSR count). The molecule has 0 aliphatic carbocycles. The molecule has 1 N–H and O–H groups in total. The number of methoxy groups -OCH3 is 1. The number of rotatable bonds is 6. The van der Waals surface area contributed by atoms with E-state index in [0.717, 1.165) is 17.2 Å². The van der Waals surface area contributed by atoms with Gasteiger partial charge in [-0.3, -0.25) is 0 Å². The topological polar surface area (TPSA) is 47.0 Å². The summed E-state index contributed by atoms with van der Waals surface area (Å²) in [5.74, 6) is 3.42. The smallest absolute Gasteiger partial charge is 0.226 e. The van der Waals surface area contributed by atoms with E-state index < -0.39 is 0 Å². The summed E-state index contributed by atoms with van der Waals surface area (Å²) in [7, 11) is 1.61. The van der Waals surface area contributed by atoms with Crippen LogP contribution in [0.3, 0.4) is 0 Å². The first-order valence-electron chi connectivity index (χ1n) is 5.39. The van der Waals surface area contributed by atoms with Crippen molar-refractivity contribution < 1.29 is 4.74 Å². The summed E-state index contributed by atoms with van der Waals surface area (Å²) in [6, 6.07) is 2.17. The van der Waals surface area contributed by atoms with Crippen LogP contribution in [0.2, 0.25) is 0 Å². The van der Waals surface area contributed by atoms with Gasteiger partial charge in [0.25, 0.3) is 0 Å². The van der Waals surface area contributed by atoms with Gasteiger partial charge in [-0.05, 0) is 19.6 Å². The van der Waals surface area contributed by atoms with E-state index in [9.17, 15) is 0 Å². The van der Waals surface area contributed by atoms with Crippen molar-refractivity contribution in [1.82, 2.24) is 9.97 Å². The Morgan fingerprint density at radius 2 is 2.25 bits per heavy atom. The molecule has 1 atom stereocenters. The van der Waals surface area contributed by atoms with Gasteiger partial charge in [0.2, 0.25) is 11.8 Å². The summed E-state index contributed by atoms with van der Waals surface area (Å²) in [5.41, 5.74) is 0.907. The summed E-state index contributed by atoms with van der Waals surface area (Å²) in [4.78, 5) is 8.56. The molecule has 0 spiro atoms. The van der Waals surface area contributed by atoms with E-state index in [-0.39, 0.29) is 0 Å². The van der Waals surface area contributed by atoms with Crippen LogP contribution in [0.1, 0.15) is 19.5 Å². The molecule has 0 bridgehead atoms. The van der Waals surface area contributed by atoms with E-state index in [2.05, 4.69) is 29.1 Å². The fourth-order valence-electron chi connectivity index (χ4n) is 1.27. The zero-order valence-electron chi connectivity index (χ0n) is 10.3. The summed E-state index contributed by atoms with van der Waals surface area (Å²) < 4.78 is 5.10. The molecule has 0 radical (unpaired) electrons. The van der Waals surface area contributed by atoms with Crippen LogP contribution in [-0.4, -0.2) is 34.6 Å². The lowest BCUT2D eigenvalue weighted by Crippen LogP contribution is -2.20. The molecule has 5 heteroatoms. The summed E-state index contributed by atoms with van der Waals surface area (Å²) in [5, 5.41) is 3.27. The third-order valence-electron chi connectivity index (χ3n) is 1.99. The first kappa shape index (κ1) is 13.1. The Balaban J connectivity index is 2.61. The van der Waals surface area contributed by atoms with Crippen molar-refractivity contribution in [3.8, 4) is 5.88 Å². The number of hydrogen-bond donors (Lipinski definition) is 1. The van der Waals surface area contributed by atoms with Crippen LogP contribution in [0.4, 0.5) is 5.95 Å². The molecule has 0 saturated carbocycles. The van der Waals surface area contributed by atoms with E-state index in [1.54, 1.807) is 7.11 Å². The highest BCUT2D eigenvalue weighted by atomic mass is 32.2. The van der Waals surface area contributed by atoms with Crippen molar-refractivity contribution in [3.63, 3.8) is 0 Å². The minimum atomic E-state index is 0.358. The van der Waals surface area contributed by atoms with Gasteiger partial charge in [0.1, 0.15) is 0 Å². The summed E-state index contributed by atoms with van der Waals surface area (Å²) in [6.45, 7) is 6.21. The number of hydrogen-bond acceptors (Lipinski definition) is 5. The van der Waals surface area contributed by atoms with Crippen molar-refractivity contribution in [2.75, 3.05) is 23.9 Å². The zero-order chi connectivity index (χ0) is 12.0. The number of aryl methyl sites for hydroxylation is 1. The highest BCUT2D eigenvalue weighted by molar-refractivity contribution is 7.99. The number of anilines is 1. The van der Waals surface area contributed by atoms with Crippen LogP contribution in [-0.2, 0) is 0 Å². The van der Waals surface area contributed by atoms with Crippen molar-refractivity contribution in [3.05, 3.63) is 11.8 Å². The zero-order valence-corrected chi connectivity index (χ0v) is 11.1. The molecule has 1 aromatic heterocycles. The van der Waals surface area contributed by atoms with Crippen molar-refractivity contribution >= 4 is 17.7 Å². The standard InChI is InChI=1S/C11H19N3OS/c1-5-16-7-9(3)13-11-12-8(2)6-10(14-11)15-4/h6,9H,5,7H2,1-4H3,(H,12,13,14). The van der Waals surface area contributed by atoms with Crippen LogP contribution < -0.4 is 10.1 Å². The molecule has 0 saturated heterocycles. The van der Waals surface area contributed by atoms with Crippen LogP contribution in [0.15, 0.2) is 6.07 Å². The van der Waals surface area contributed by atoms with E-state index in [0.29, 0.717) is 17.9 Å². The molecular weight excluding hydrogens is 222 g/mol. The predicted octanol–water partition coefficient (Wildman–Crippen LogP) is 2.35. The maximum Gasteiger partial charge on any atom is 0.226 e. The van der Waals surface area contributed by atoms with Crippen LogP contribution in [0.5, 0.6) is 5.88 Å². The lowest BCUT2D eigenvalue weighted by Gasteiger charge is -2.13. The largest absolute Gasteiger partial charge is 0.481 e. The van der Waals surface area contributed by atoms with Gasteiger partial charge in [-0.2, -0.15) is 16.7 Å². The van der Waals surface area contributed by atoms with Crippen LogP contribution in [0.25, 0.3) is 0 Å². The quantitative estimate of drug-likeness (QED) is 0.828. The minimum absolute atomic E-state index is 0.358. The predicted molar refractivity (Wildman–Crippen MR) is 69.4 cm³/mol. The number of thioether (sulfide) groups is 1. The number of nitrogens with zero attached hydrogens (tertiary/aromatic N) is 2. The van der Waals surface area contributed by atoms with Gasteiger partial charge < -0.3 is 10.1 Å². The maximum atomic E-state index is 5.10. The Labute approximate surface area is 101 Å². The molecule has 0 aliphatic rings. The Hall–Kier alpha value is -0.970. The average Bonchev–Trinajstić information content (AvgIpc) is 2.25. The van der Waals surface area contributed by atoms with E-state index >= 15 is 0 Å². The molecule has 0 aromatic carbocycles. The lowest BCUT2D eigenvalue weighted by atomic mass is 10.4. The average molecular weight is 241 g/mol. The van der Waals surface area contributed by atoms with Gasteiger partial charge in [-0.15, -0.1) is 0 Å². The molecule has 0 amide bonds. The van der Waals surface area contributed by atoms with Gasteiger partial charge in [0.05, 0.1) is 7.11 Å². The number of aromatic nitrogens is 2. The van der Waals surface area contributed by atoms with Crippen molar-refractivity contribution in [2.24, 2.45) is 0 Å². The monoisotopic (exact) mass is 241 g/mol. The molecule has 4 nitrogen and oxygen atoms in total. The SMILES string of the molecule is CCSCC(C)Nc1nc(C)cc(OC)n1. The van der Waals surface area contributed by atoms with Crippen molar-refractivity contribution in [2.45, 2.75) is 26.8 Å². The second kappa shape index (κ2) is 6.58. The van der Waals surface area contributed by atoms with Gasteiger partial charge in [-0.1, -0.05) is 6.92 Å². The van der Waals surface area contributed by atoms with E-state index in [1.165, 1.54) is 0 Å². The Kier molecular flexibility index (Phi) is 5.38. The minimum Gasteiger partial charge on any atom is -0.481 e. The Morgan fingerprint density at radius 1 is 1.50 bits per heavy atom. The molecule has 0 fully saturated rings. The maximum absolute atomic E-state index is 5.10. The molecule has 0 aliphatic heterocycles. The molecule has 1 unspecified atom stereocenters. The highest BCUT2D eigenvalue weighted by Crippen LogP contribution is 2.13. The molecular formula is C11H19N3OS.